The van der Waals surface area contributed by atoms with Gasteiger partial charge < -0.3 is 23.7 Å². The van der Waals surface area contributed by atoms with Gasteiger partial charge in [-0.25, -0.2) is 14.4 Å². The molecule has 0 saturated heterocycles. The maximum Gasteiger partial charge on any atom is 0.354 e. The van der Waals surface area contributed by atoms with Crippen LogP contribution < -0.4 is 0 Å². The van der Waals surface area contributed by atoms with E-state index in [0.29, 0.717) is 0 Å². The fraction of sp³-hybridized carbons (Fsp3) is 0.462. The van der Waals surface area contributed by atoms with Gasteiger partial charge in [0.1, 0.15) is 21.2 Å². The number of carbonyl (C=O) groups excluding carboxylic acids is 3. The van der Waals surface area contributed by atoms with Crippen LogP contribution in [-0.4, -0.2) is 58.1 Å². The van der Waals surface area contributed by atoms with Crippen molar-refractivity contribution < 1.29 is 42.8 Å². The monoisotopic (exact) mass is 382 g/mol. The number of carbonyl (C=O) groups is 3. The first-order valence-electron chi connectivity index (χ1n) is 6.26. The Labute approximate surface area is 146 Å². The Kier molecular flexibility index (Phi) is 4.93. The predicted molar refractivity (Wildman–Crippen MR) is 76.4 cm³/mol. The van der Waals surface area contributed by atoms with Crippen LogP contribution in [0.2, 0.25) is 0 Å². The first kappa shape index (κ1) is 18.7. The molecule has 9 nitrogen and oxygen atoms in total. The highest BCUT2D eigenvalue weighted by atomic mass is 35.5. The number of esters is 3. The third kappa shape index (κ3) is 2.32. The fourth-order valence-corrected chi connectivity index (χ4v) is 2.74. The lowest BCUT2D eigenvalue weighted by Crippen LogP contribution is -2.44. The summed E-state index contributed by atoms with van der Waals surface area (Å²) in [6, 6.07) is 0. The van der Waals surface area contributed by atoms with E-state index in [1.54, 1.807) is 0 Å². The van der Waals surface area contributed by atoms with Gasteiger partial charge in [0.15, 0.2) is 0 Å². The third-order valence-electron chi connectivity index (χ3n) is 3.38. The molecule has 2 aliphatic rings. The third-order valence-corrected chi connectivity index (χ3v) is 4.25. The molecule has 11 heteroatoms. The summed E-state index contributed by atoms with van der Waals surface area (Å²) in [5.74, 6) is -7.84. The highest BCUT2D eigenvalue weighted by molar-refractivity contribution is 6.49. The molecule has 2 aliphatic heterocycles. The summed E-state index contributed by atoms with van der Waals surface area (Å²) in [5.41, 5.74) is -1.13. The molecule has 2 heterocycles. The number of hydrogen-bond donors (Lipinski definition) is 0. The number of methoxy groups -OCH3 is 4. The van der Waals surface area contributed by atoms with Gasteiger partial charge in [-0.3, -0.25) is 4.74 Å². The van der Waals surface area contributed by atoms with Crippen molar-refractivity contribution in [3.63, 3.8) is 0 Å². The molecule has 1 unspecified atom stereocenters. The summed E-state index contributed by atoms with van der Waals surface area (Å²) in [6.07, 6.45) is 0. The van der Waals surface area contributed by atoms with E-state index in [-0.39, 0.29) is 0 Å². The topological polar surface area (TPSA) is 107 Å². The molecular formula is C13H12Cl2O9. The quantitative estimate of drug-likeness (QED) is 0.391. The van der Waals surface area contributed by atoms with Crippen LogP contribution in [0.25, 0.3) is 0 Å². The van der Waals surface area contributed by atoms with Gasteiger partial charge in [-0.2, -0.15) is 0 Å². The Morgan fingerprint density at radius 3 is 1.83 bits per heavy atom. The zero-order valence-electron chi connectivity index (χ0n) is 12.9. The normalized spacial score (nSPS) is 25.3. The Morgan fingerprint density at radius 2 is 1.46 bits per heavy atom. The second kappa shape index (κ2) is 6.34. The molecule has 132 valence electrons. The van der Waals surface area contributed by atoms with Crippen molar-refractivity contribution in [3.05, 3.63) is 21.2 Å². The van der Waals surface area contributed by atoms with Crippen LogP contribution in [0, 0.1) is 0 Å². The molecular weight excluding hydrogens is 371 g/mol. The highest BCUT2D eigenvalue weighted by Gasteiger charge is 2.69. The van der Waals surface area contributed by atoms with Gasteiger partial charge in [-0.1, -0.05) is 23.2 Å². The standard InChI is InChI=1S/C13H12Cl2O9/c1-19-9(16)5-6(10(17)20-2)13(21-3,22-4)24-12(5)8(15)7(14)11(18)23-12/h1-4H3. The van der Waals surface area contributed by atoms with Gasteiger partial charge >= 0.3 is 23.9 Å². The summed E-state index contributed by atoms with van der Waals surface area (Å²) < 4.78 is 30.0. The molecule has 0 aliphatic carbocycles. The number of halogens is 2. The van der Waals surface area contributed by atoms with Crippen molar-refractivity contribution in [2.75, 3.05) is 28.4 Å². The zero-order chi connectivity index (χ0) is 18.3. The van der Waals surface area contributed by atoms with Gasteiger partial charge in [0, 0.05) is 14.2 Å². The molecule has 1 atom stereocenters. The van der Waals surface area contributed by atoms with Gasteiger partial charge in [0.05, 0.1) is 14.2 Å². The van der Waals surface area contributed by atoms with E-state index in [1.165, 1.54) is 0 Å². The van der Waals surface area contributed by atoms with Crippen molar-refractivity contribution in [1.29, 1.82) is 0 Å². The molecule has 0 saturated carbocycles. The lowest BCUT2D eigenvalue weighted by Gasteiger charge is -2.30. The molecule has 0 aromatic rings. The Hall–Kier alpha value is -1.65. The van der Waals surface area contributed by atoms with Crippen LogP contribution in [0.1, 0.15) is 0 Å². The predicted octanol–water partition coefficient (Wildman–Crippen LogP) is 0.548. The van der Waals surface area contributed by atoms with Crippen LogP contribution >= 0.6 is 23.2 Å². The average Bonchev–Trinajstić information content (AvgIpc) is 3.00. The van der Waals surface area contributed by atoms with E-state index < -0.39 is 50.9 Å². The van der Waals surface area contributed by atoms with Crippen molar-refractivity contribution in [3.8, 4) is 0 Å². The van der Waals surface area contributed by atoms with E-state index in [4.69, 9.17) is 42.1 Å². The molecule has 24 heavy (non-hydrogen) atoms. The SMILES string of the molecule is COC(=O)C1=C(C(=O)OC)C2(OC(=O)C(Cl)=C2Cl)OC1(OC)OC. The second-order valence-corrected chi connectivity index (χ2v) is 5.19. The lowest BCUT2D eigenvalue weighted by molar-refractivity contribution is -0.374. The first-order valence-corrected chi connectivity index (χ1v) is 7.01. The Morgan fingerprint density at radius 1 is 0.958 bits per heavy atom. The zero-order valence-corrected chi connectivity index (χ0v) is 14.4. The number of rotatable bonds is 4. The Balaban J connectivity index is 2.85. The molecule has 0 aromatic heterocycles. The van der Waals surface area contributed by atoms with Crippen molar-refractivity contribution in [2.24, 2.45) is 0 Å². The van der Waals surface area contributed by atoms with Crippen LogP contribution in [0.3, 0.4) is 0 Å². The summed E-state index contributed by atoms with van der Waals surface area (Å²) in [7, 11) is 4.33. The summed E-state index contributed by atoms with van der Waals surface area (Å²) in [6.45, 7) is 0. The molecule has 2 rings (SSSR count). The van der Waals surface area contributed by atoms with Gasteiger partial charge in [-0.05, 0) is 0 Å². The van der Waals surface area contributed by atoms with Crippen LogP contribution in [0.4, 0.5) is 0 Å². The molecule has 0 fully saturated rings. The van der Waals surface area contributed by atoms with Gasteiger partial charge in [0.2, 0.25) is 0 Å². The molecule has 0 N–H and O–H groups in total. The van der Waals surface area contributed by atoms with Crippen LogP contribution in [0.5, 0.6) is 0 Å². The minimum Gasteiger partial charge on any atom is -0.465 e. The summed E-state index contributed by atoms with van der Waals surface area (Å²) in [5, 5.41) is -1.03. The van der Waals surface area contributed by atoms with Gasteiger partial charge in [0.25, 0.3) is 5.79 Å². The van der Waals surface area contributed by atoms with Crippen molar-refractivity contribution in [1.82, 2.24) is 0 Å². The van der Waals surface area contributed by atoms with E-state index in [9.17, 15) is 14.4 Å². The maximum absolute atomic E-state index is 12.3. The molecule has 0 bridgehead atoms. The van der Waals surface area contributed by atoms with E-state index in [0.717, 1.165) is 28.4 Å². The second-order valence-electron chi connectivity index (χ2n) is 4.43. The largest absolute Gasteiger partial charge is 0.465 e. The number of ether oxygens (including phenoxy) is 6. The van der Waals surface area contributed by atoms with Gasteiger partial charge in [-0.15, -0.1) is 0 Å². The highest BCUT2D eigenvalue weighted by Crippen LogP contribution is 2.54. The van der Waals surface area contributed by atoms with Crippen molar-refractivity contribution >= 4 is 41.1 Å². The Bertz CT molecular complexity index is 677. The minimum atomic E-state index is -2.36. The van der Waals surface area contributed by atoms with Crippen molar-refractivity contribution in [2.45, 2.75) is 11.8 Å². The summed E-state index contributed by atoms with van der Waals surface area (Å²) >= 11 is 11.8. The minimum absolute atomic E-state index is 0.494. The average molecular weight is 383 g/mol. The lowest BCUT2D eigenvalue weighted by atomic mass is 10.0. The first-order chi connectivity index (χ1) is 11.2. The van der Waals surface area contributed by atoms with E-state index in [2.05, 4.69) is 9.47 Å². The molecule has 0 amide bonds. The summed E-state index contributed by atoms with van der Waals surface area (Å²) in [4.78, 5) is 36.3. The van der Waals surface area contributed by atoms with Crippen LogP contribution in [-0.2, 0) is 42.8 Å². The van der Waals surface area contributed by atoms with Crippen LogP contribution in [0.15, 0.2) is 21.2 Å². The molecule has 0 aromatic carbocycles. The van der Waals surface area contributed by atoms with E-state index in [1.807, 2.05) is 0 Å². The smallest absolute Gasteiger partial charge is 0.354 e. The fourth-order valence-electron chi connectivity index (χ4n) is 2.33. The van der Waals surface area contributed by atoms with E-state index >= 15 is 0 Å². The number of hydrogen-bond acceptors (Lipinski definition) is 9. The maximum atomic E-state index is 12.3. The molecule has 0 radical (unpaired) electrons. The molecule has 1 spiro atoms.